The molecule has 0 saturated carbocycles. The summed E-state index contributed by atoms with van der Waals surface area (Å²) in [5.41, 5.74) is 0. The first-order valence-electron chi connectivity index (χ1n) is 8.22. The van der Waals surface area contributed by atoms with Crippen LogP contribution in [-0.4, -0.2) is 37.5 Å². The van der Waals surface area contributed by atoms with E-state index in [-0.39, 0.29) is 13.2 Å². The Bertz CT molecular complexity index is 948. The van der Waals surface area contributed by atoms with Crippen molar-refractivity contribution >= 4 is 27.5 Å². The molecule has 3 aromatic carbocycles. The largest absolute Gasteiger partial charge is 0.497 e. The fourth-order valence-electron chi connectivity index (χ4n) is 2.75. The third-order valence-corrected chi connectivity index (χ3v) is 4.03. The summed E-state index contributed by atoms with van der Waals surface area (Å²) in [4.78, 5) is 11.1. The number of benzene rings is 3. The van der Waals surface area contributed by atoms with Crippen molar-refractivity contribution < 1.29 is 24.1 Å². The highest BCUT2D eigenvalue weighted by molar-refractivity contribution is 6.05. The van der Waals surface area contributed by atoms with Crippen LogP contribution in [0.15, 0.2) is 61.2 Å². The van der Waals surface area contributed by atoms with Gasteiger partial charge in [-0.2, -0.15) is 0 Å². The molecule has 1 N–H and O–H groups in total. The van der Waals surface area contributed by atoms with Crippen LogP contribution in [0.25, 0.3) is 21.5 Å². The van der Waals surface area contributed by atoms with E-state index in [1.54, 1.807) is 7.11 Å². The maximum Gasteiger partial charge on any atom is 0.330 e. The highest BCUT2D eigenvalue weighted by Crippen LogP contribution is 2.36. The Hall–Kier alpha value is -3.05. The molecular formula is C21H20O5. The first-order valence-corrected chi connectivity index (χ1v) is 8.22. The summed E-state index contributed by atoms with van der Waals surface area (Å²) in [6.45, 7) is 3.15. The van der Waals surface area contributed by atoms with Crippen LogP contribution in [0.4, 0.5) is 0 Å². The lowest BCUT2D eigenvalue weighted by molar-refractivity contribution is -0.141. The van der Waals surface area contributed by atoms with Gasteiger partial charge in [0, 0.05) is 16.8 Å². The fourth-order valence-corrected chi connectivity index (χ4v) is 2.75. The van der Waals surface area contributed by atoms with Crippen molar-refractivity contribution in [1.82, 2.24) is 0 Å². The van der Waals surface area contributed by atoms with E-state index >= 15 is 0 Å². The number of methoxy groups -OCH3 is 1. The molecule has 3 rings (SSSR count). The molecule has 0 spiro atoms. The van der Waals surface area contributed by atoms with Crippen molar-refractivity contribution in [3.05, 3.63) is 61.2 Å². The van der Waals surface area contributed by atoms with Crippen LogP contribution in [0.5, 0.6) is 11.5 Å². The molecule has 0 fully saturated rings. The molecule has 1 unspecified atom stereocenters. The number of ether oxygens (including phenoxy) is 3. The van der Waals surface area contributed by atoms with Gasteiger partial charge in [-0.3, -0.25) is 0 Å². The highest BCUT2D eigenvalue weighted by Gasteiger charge is 2.13. The molecule has 0 aliphatic carbocycles. The Morgan fingerprint density at radius 1 is 1.12 bits per heavy atom. The summed E-state index contributed by atoms with van der Waals surface area (Å²) < 4.78 is 16.1. The number of carbonyl (C=O) groups excluding carboxylic acids is 1. The van der Waals surface area contributed by atoms with E-state index in [2.05, 4.69) is 12.6 Å². The second-order valence-corrected chi connectivity index (χ2v) is 5.81. The van der Waals surface area contributed by atoms with Gasteiger partial charge < -0.3 is 19.3 Å². The second kappa shape index (κ2) is 7.89. The molecule has 3 aromatic rings. The Kier molecular flexibility index (Phi) is 5.39. The minimum atomic E-state index is -0.946. The number of aliphatic hydroxyl groups excluding tert-OH is 1. The molecule has 0 saturated heterocycles. The molecule has 5 heteroatoms. The second-order valence-electron chi connectivity index (χ2n) is 5.81. The van der Waals surface area contributed by atoms with Crippen LogP contribution in [0.3, 0.4) is 0 Å². The molecule has 0 amide bonds. The average Bonchev–Trinajstić information content (AvgIpc) is 2.68. The summed E-state index contributed by atoms with van der Waals surface area (Å²) in [5, 5.41) is 13.9. The number of hydrogen-bond acceptors (Lipinski definition) is 5. The fraction of sp³-hybridized carbons (Fsp3) is 0.190. The molecule has 0 aliphatic heterocycles. The SMILES string of the molecule is C=CC(=O)OCC(O)COc1c2ccccc2cc2ccc(OC)cc12. The minimum Gasteiger partial charge on any atom is -0.497 e. The van der Waals surface area contributed by atoms with Crippen LogP contribution in [0.1, 0.15) is 0 Å². The molecule has 26 heavy (non-hydrogen) atoms. The van der Waals surface area contributed by atoms with Gasteiger partial charge in [0.1, 0.15) is 30.8 Å². The minimum absolute atomic E-state index is 0.00919. The molecule has 0 aromatic heterocycles. The molecule has 0 aliphatic rings. The van der Waals surface area contributed by atoms with Crippen molar-refractivity contribution in [1.29, 1.82) is 0 Å². The first-order chi connectivity index (χ1) is 12.6. The van der Waals surface area contributed by atoms with Gasteiger partial charge in [0.15, 0.2) is 0 Å². The molecule has 0 bridgehead atoms. The van der Waals surface area contributed by atoms with Gasteiger partial charge in [0.25, 0.3) is 0 Å². The number of esters is 1. The number of aliphatic hydroxyl groups is 1. The van der Waals surface area contributed by atoms with E-state index in [0.29, 0.717) is 5.75 Å². The van der Waals surface area contributed by atoms with E-state index in [0.717, 1.165) is 33.4 Å². The van der Waals surface area contributed by atoms with Gasteiger partial charge in [-0.25, -0.2) is 4.79 Å². The number of carbonyl (C=O) groups is 1. The van der Waals surface area contributed by atoms with Gasteiger partial charge in [0.05, 0.1) is 7.11 Å². The molecule has 134 valence electrons. The lowest BCUT2D eigenvalue weighted by Gasteiger charge is -2.16. The van der Waals surface area contributed by atoms with E-state index in [1.807, 2.05) is 42.5 Å². The molecule has 1 atom stereocenters. The van der Waals surface area contributed by atoms with Crippen LogP contribution in [-0.2, 0) is 9.53 Å². The van der Waals surface area contributed by atoms with Crippen molar-refractivity contribution in [3.63, 3.8) is 0 Å². The Balaban J connectivity index is 1.93. The topological polar surface area (TPSA) is 65.0 Å². The van der Waals surface area contributed by atoms with Crippen molar-refractivity contribution in [2.75, 3.05) is 20.3 Å². The monoisotopic (exact) mass is 352 g/mol. The lowest BCUT2D eigenvalue weighted by Crippen LogP contribution is -2.24. The standard InChI is InChI=1S/C21H20O5/c1-3-20(23)25-12-16(22)13-26-21-18-7-5-4-6-14(18)10-15-8-9-17(24-2)11-19(15)21/h3-11,16,22H,1,12-13H2,2H3. The summed E-state index contributed by atoms with van der Waals surface area (Å²) in [7, 11) is 1.61. The zero-order valence-corrected chi connectivity index (χ0v) is 14.5. The predicted molar refractivity (Wildman–Crippen MR) is 101 cm³/mol. The molecule has 0 radical (unpaired) electrons. The van der Waals surface area contributed by atoms with Crippen LogP contribution in [0.2, 0.25) is 0 Å². The molecular weight excluding hydrogens is 332 g/mol. The van der Waals surface area contributed by atoms with E-state index in [4.69, 9.17) is 14.2 Å². The normalized spacial score (nSPS) is 11.9. The van der Waals surface area contributed by atoms with Crippen LogP contribution >= 0.6 is 0 Å². The molecule has 5 nitrogen and oxygen atoms in total. The maximum absolute atomic E-state index is 11.1. The van der Waals surface area contributed by atoms with Gasteiger partial charge >= 0.3 is 5.97 Å². The Morgan fingerprint density at radius 2 is 1.88 bits per heavy atom. The van der Waals surface area contributed by atoms with Crippen molar-refractivity contribution in [2.45, 2.75) is 6.10 Å². The van der Waals surface area contributed by atoms with Crippen LogP contribution < -0.4 is 9.47 Å². The molecule has 0 heterocycles. The summed E-state index contributed by atoms with van der Waals surface area (Å²) >= 11 is 0. The summed E-state index contributed by atoms with van der Waals surface area (Å²) in [6.07, 6.45) is 0.108. The van der Waals surface area contributed by atoms with Gasteiger partial charge in [0.2, 0.25) is 0 Å². The van der Waals surface area contributed by atoms with E-state index in [9.17, 15) is 9.90 Å². The summed E-state index contributed by atoms with van der Waals surface area (Å²) in [6, 6.07) is 15.7. The Morgan fingerprint density at radius 3 is 2.65 bits per heavy atom. The smallest absolute Gasteiger partial charge is 0.330 e. The maximum atomic E-state index is 11.1. The predicted octanol–water partition coefficient (Wildman–Crippen LogP) is 3.47. The zero-order valence-electron chi connectivity index (χ0n) is 14.5. The third-order valence-electron chi connectivity index (χ3n) is 4.03. The van der Waals surface area contributed by atoms with Gasteiger partial charge in [-0.1, -0.05) is 36.9 Å². The number of hydrogen-bond donors (Lipinski definition) is 1. The van der Waals surface area contributed by atoms with Gasteiger partial charge in [-0.05, 0) is 29.0 Å². The number of fused-ring (bicyclic) bond motifs is 2. The average molecular weight is 352 g/mol. The van der Waals surface area contributed by atoms with Crippen molar-refractivity contribution in [3.8, 4) is 11.5 Å². The Labute approximate surface area is 151 Å². The van der Waals surface area contributed by atoms with Crippen LogP contribution in [0, 0.1) is 0 Å². The highest BCUT2D eigenvalue weighted by atomic mass is 16.5. The van der Waals surface area contributed by atoms with E-state index < -0.39 is 12.1 Å². The van der Waals surface area contributed by atoms with Gasteiger partial charge in [-0.15, -0.1) is 0 Å². The number of rotatable bonds is 7. The van der Waals surface area contributed by atoms with E-state index in [1.165, 1.54) is 0 Å². The quantitative estimate of drug-likeness (QED) is 0.401. The van der Waals surface area contributed by atoms with Crippen molar-refractivity contribution in [2.24, 2.45) is 0 Å². The lowest BCUT2D eigenvalue weighted by atomic mass is 10.0. The zero-order chi connectivity index (χ0) is 18.5. The first kappa shape index (κ1) is 17.8. The summed E-state index contributed by atoms with van der Waals surface area (Å²) in [5.74, 6) is 0.800. The third kappa shape index (κ3) is 3.78.